The van der Waals surface area contributed by atoms with Crippen LogP contribution in [-0.4, -0.2) is 6.30 Å². The molecule has 0 aromatic heterocycles. The molecule has 14 heavy (non-hydrogen) atoms. The summed E-state index contributed by atoms with van der Waals surface area (Å²) in [6, 6.07) is 5.05. The second kappa shape index (κ2) is 5.02. The maximum absolute atomic E-state index is 12.7. The molecule has 1 aromatic carbocycles. The molecule has 1 rings (SSSR count). The minimum Gasteiger partial charge on any atom is -0.312 e. The van der Waals surface area contributed by atoms with E-state index in [2.05, 4.69) is 0 Å². The normalized spacial score (nSPS) is 10.6. The van der Waals surface area contributed by atoms with Gasteiger partial charge in [-0.25, -0.2) is 4.39 Å². The fourth-order valence-corrected chi connectivity index (χ4v) is 0.701. The summed E-state index contributed by atoms with van der Waals surface area (Å²) in [5.74, 6) is -0.751. The van der Waals surface area contributed by atoms with Crippen molar-refractivity contribution in [1.82, 2.24) is 5.43 Å². The van der Waals surface area contributed by atoms with Crippen LogP contribution in [0.2, 0.25) is 0 Å². The lowest BCUT2D eigenvalue weighted by molar-refractivity contribution is -0.151. The molecule has 0 fully saturated rings. The summed E-state index contributed by atoms with van der Waals surface area (Å²) in [5.41, 5.74) is 2.44. The van der Waals surface area contributed by atoms with Crippen molar-refractivity contribution in [2.24, 2.45) is 0 Å². The van der Waals surface area contributed by atoms with Gasteiger partial charge in [-0.1, -0.05) is 12.1 Å². The summed E-state index contributed by atoms with van der Waals surface area (Å²) in [6.45, 7) is 0. The molecule has 0 saturated heterocycles. The molecule has 2 N–H and O–H groups in total. The van der Waals surface area contributed by atoms with Gasteiger partial charge in [0.25, 0.3) is 0 Å². The van der Waals surface area contributed by atoms with Gasteiger partial charge in [-0.2, -0.15) is 13.2 Å². The third kappa shape index (κ3) is 4.29. The smallest absolute Gasteiger partial charge is 0.312 e. The van der Waals surface area contributed by atoms with Gasteiger partial charge in [-0.05, 0) is 12.1 Å². The minimum atomic E-state index is -4.58. The van der Waals surface area contributed by atoms with Crippen molar-refractivity contribution in [2.75, 3.05) is 5.43 Å². The Morgan fingerprint density at radius 1 is 1.07 bits per heavy atom. The molecule has 0 heterocycles. The maximum Gasteiger partial charge on any atom is 0.474 e. The Kier molecular flexibility index (Phi) is 4.65. The van der Waals surface area contributed by atoms with Gasteiger partial charge in [0.15, 0.2) is 0 Å². The Hall–Kier alpha value is -1.01. The first-order valence-corrected chi connectivity index (χ1v) is 3.33. The Balaban J connectivity index is 0.00000169. The van der Waals surface area contributed by atoms with Crippen molar-refractivity contribution in [2.45, 2.75) is 6.30 Å². The molecular formula is C7H7ClF4N2. The Morgan fingerprint density at radius 3 is 2.14 bits per heavy atom. The maximum atomic E-state index is 12.7. The number of alkyl halides is 3. The summed E-state index contributed by atoms with van der Waals surface area (Å²) in [7, 11) is 0. The van der Waals surface area contributed by atoms with Crippen LogP contribution in [0.1, 0.15) is 0 Å². The Bertz CT molecular complexity index is 289. The molecule has 2 nitrogen and oxygen atoms in total. The van der Waals surface area contributed by atoms with E-state index in [9.17, 15) is 17.6 Å². The van der Waals surface area contributed by atoms with Crippen LogP contribution < -0.4 is 10.9 Å². The highest BCUT2D eigenvalue weighted by molar-refractivity contribution is 5.85. The second-order valence-corrected chi connectivity index (χ2v) is 2.23. The molecule has 0 aliphatic rings. The first kappa shape index (κ1) is 13.0. The molecule has 7 heteroatoms. The number of anilines is 1. The molecule has 0 atom stereocenters. The van der Waals surface area contributed by atoms with Gasteiger partial charge in [0.1, 0.15) is 5.82 Å². The van der Waals surface area contributed by atoms with Gasteiger partial charge in [-0.3, -0.25) is 0 Å². The summed E-state index contributed by atoms with van der Waals surface area (Å²) >= 11 is 0. The average Bonchev–Trinajstić information content (AvgIpc) is 2.01. The van der Waals surface area contributed by atoms with Crippen molar-refractivity contribution >= 4 is 18.1 Å². The SMILES string of the molecule is Cl.Fc1ccccc1NNC(F)(F)F. The average molecular weight is 231 g/mol. The molecule has 0 aliphatic carbocycles. The third-order valence-electron chi connectivity index (χ3n) is 1.21. The van der Waals surface area contributed by atoms with Crippen molar-refractivity contribution < 1.29 is 17.6 Å². The lowest BCUT2D eigenvalue weighted by Gasteiger charge is -2.11. The Labute approximate surface area is 83.7 Å². The molecule has 0 radical (unpaired) electrons. The molecule has 80 valence electrons. The summed E-state index contributed by atoms with van der Waals surface area (Å²) in [4.78, 5) is 0. The largest absolute Gasteiger partial charge is 0.474 e. The van der Waals surface area contributed by atoms with Crippen LogP contribution in [0.4, 0.5) is 23.2 Å². The molecular weight excluding hydrogens is 224 g/mol. The van der Waals surface area contributed by atoms with Crippen LogP contribution in [0.15, 0.2) is 24.3 Å². The van der Waals surface area contributed by atoms with Crippen molar-refractivity contribution in [3.8, 4) is 0 Å². The number of benzene rings is 1. The van der Waals surface area contributed by atoms with E-state index >= 15 is 0 Å². The second-order valence-electron chi connectivity index (χ2n) is 2.23. The molecule has 0 bridgehead atoms. The third-order valence-corrected chi connectivity index (χ3v) is 1.21. The number of hydrogen-bond donors (Lipinski definition) is 2. The molecule has 1 aromatic rings. The highest BCUT2D eigenvalue weighted by atomic mass is 35.5. The van der Waals surface area contributed by atoms with Gasteiger partial charge >= 0.3 is 6.30 Å². The first-order valence-electron chi connectivity index (χ1n) is 3.33. The predicted octanol–water partition coefficient (Wildman–Crippen LogP) is 2.68. The minimum absolute atomic E-state index is 0. The van der Waals surface area contributed by atoms with Gasteiger partial charge in [-0.15, -0.1) is 17.8 Å². The van der Waals surface area contributed by atoms with E-state index in [1.54, 1.807) is 5.43 Å². The summed E-state index contributed by atoms with van der Waals surface area (Å²) in [5, 5.41) is 0. The first-order chi connectivity index (χ1) is 5.99. The molecule has 0 aliphatic heterocycles. The van der Waals surface area contributed by atoms with Crippen molar-refractivity contribution in [3.05, 3.63) is 30.1 Å². The van der Waals surface area contributed by atoms with Gasteiger partial charge < -0.3 is 5.43 Å². The van der Waals surface area contributed by atoms with Crippen LogP contribution in [0.25, 0.3) is 0 Å². The lowest BCUT2D eigenvalue weighted by atomic mass is 10.3. The fourth-order valence-electron chi connectivity index (χ4n) is 0.701. The number of halogens is 5. The van der Waals surface area contributed by atoms with Gasteiger partial charge in [0.2, 0.25) is 0 Å². The van der Waals surface area contributed by atoms with E-state index in [1.165, 1.54) is 18.2 Å². The zero-order chi connectivity index (χ0) is 9.90. The highest BCUT2D eigenvalue weighted by Crippen LogP contribution is 2.14. The number of hydrazine groups is 1. The van der Waals surface area contributed by atoms with Crippen LogP contribution in [-0.2, 0) is 0 Å². The quantitative estimate of drug-likeness (QED) is 0.464. The van der Waals surface area contributed by atoms with E-state index in [0.29, 0.717) is 0 Å². The van der Waals surface area contributed by atoms with Crippen molar-refractivity contribution in [3.63, 3.8) is 0 Å². The van der Waals surface area contributed by atoms with E-state index in [4.69, 9.17) is 0 Å². The molecule has 0 saturated carbocycles. The number of para-hydroxylation sites is 1. The van der Waals surface area contributed by atoms with Crippen LogP contribution in [0.3, 0.4) is 0 Å². The van der Waals surface area contributed by atoms with E-state index < -0.39 is 12.1 Å². The topological polar surface area (TPSA) is 24.1 Å². The number of nitrogens with one attached hydrogen (secondary N) is 2. The fraction of sp³-hybridized carbons (Fsp3) is 0.143. The van der Waals surface area contributed by atoms with E-state index in [-0.39, 0.29) is 18.1 Å². The van der Waals surface area contributed by atoms with E-state index in [1.807, 2.05) is 0 Å². The highest BCUT2D eigenvalue weighted by Gasteiger charge is 2.26. The predicted molar refractivity (Wildman–Crippen MR) is 46.5 cm³/mol. The van der Waals surface area contributed by atoms with Gasteiger partial charge in [0.05, 0.1) is 5.69 Å². The van der Waals surface area contributed by atoms with Crippen LogP contribution >= 0.6 is 12.4 Å². The summed E-state index contributed by atoms with van der Waals surface area (Å²) < 4.78 is 47.4. The number of hydrogen-bond acceptors (Lipinski definition) is 2. The Morgan fingerprint density at radius 2 is 1.64 bits per heavy atom. The lowest BCUT2D eigenvalue weighted by Crippen LogP contribution is -2.36. The van der Waals surface area contributed by atoms with Crippen LogP contribution in [0.5, 0.6) is 0 Å². The number of rotatable bonds is 2. The zero-order valence-electron chi connectivity index (χ0n) is 6.73. The van der Waals surface area contributed by atoms with E-state index in [0.717, 1.165) is 11.5 Å². The van der Waals surface area contributed by atoms with Gasteiger partial charge in [0, 0.05) is 0 Å². The van der Waals surface area contributed by atoms with Crippen LogP contribution in [0, 0.1) is 5.82 Å². The monoisotopic (exact) mass is 230 g/mol. The zero-order valence-corrected chi connectivity index (χ0v) is 7.55. The molecule has 0 spiro atoms. The molecule has 0 unspecified atom stereocenters. The summed E-state index contributed by atoms with van der Waals surface area (Å²) in [6.07, 6.45) is -4.58. The molecule has 0 amide bonds. The standard InChI is InChI=1S/C7H6F4N2.ClH/c8-5-3-1-2-4-6(5)12-13-7(9,10)11;/h1-4,12-13H;1H. The van der Waals surface area contributed by atoms with Crippen molar-refractivity contribution in [1.29, 1.82) is 0 Å².